The first-order valence-electron chi connectivity index (χ1n) is 5.87. The maximum atomic E-state index is 5.82. The van der Waals surface area contributed by atoms with E-state index in [1.165, 1.54) is 11.8 Å². The number of aromatic nitrogens is 2. The normalized spacial score (nSPS) is 17.0. The van der Waals surface area contributed by atoms with E-state index < -0.39 is 0 Å². The minimum atomic E-state index is 0.141. The number of nitrogen functional groups attached to an aromatic ring is 1. The zero-order valence-corrected chi connectivity index (χ0v) is 9.84. The standard InChI is InChI=1S/C13H14N4O/c14-12-7-17-13(8-15-12)16-6-10-5-9-3-1-2-4-11(9)18-10/h1-4,7-8,10H,5-6H2,(H2,14,15)(H,16,17). The number of rotatable bonds is 3. The van der Waals surface area contributed by atoms with Crippen LogP contribution in [0.1, 0.15) is 5.56 Å². The fourth-order valence-electron chi connectivity index (χ4n) is 2.02. The van der Waals surface area contributed by atoms with Gasteiger partial charge in [0.15, 0.2) is 0 Å². The average molecular weight is 242 g/mol. The number of benzene rings is 1. The van der Waals surface area contributed by atoms with Gasteiger partial charge in [-0.3, -0.25) is 0 Å². The summed E-state index contributed by atoms with van der Waals surface area (Å²) in [7, 11) is 0. The van der Waals surface area contributed by atoms with Crippen molar-refractivity contribution in [3.05, 3.63) is 42.2 Å². The number of fused-ring (bicyclic) bond motifs is 1. The second-order valence-corrected chi connectivity index (χ2v) is 4.26. The molecule has 1 unspecified atom stereocenters. The van der Waals surface area contributed by atoms with Crippen molar-refractivity contribution in [2.75, 3.05) is 17.6 Å². The third-order valence-corrected chi connectivity index (χ3v) is 2.90. The molecule has 0 bridgehead atoms. The largest absolute Gasteiger partial charge is 0.488 e. The van der Waals surface area contributed by atoms with E-state index in [0.29, 0.717) is 18.2 Å². The second kappa shape index (κ2) is 4.52. The molecule has 0 amide bonds. The Morgan fingerprint density at radius 3 is 2.94 bits per heavy atom. The molecule has 5 nitrogen and oxygen atoms in total. The van der Waals surface area contributed by atoms with Gasteiger partial charge in [0.25, 0.3) is 0 Å². The van der Waals surface area contributed by atoms with Crippen LogP contribution in [0.5, 0.6) is 5.75 Å². The molecule has 1 aromatic heterocycles. The maximum Gasteiger partial charge on any atom is 0.144 e. The summed E-state index contributed by atoms with van der Waals surface area (Å²) >= 11 is 0. The first kappa shape index (κ1) is 10.8. The molecule has 92 valence electrons. The molecule has 0 fully saturated rings. The number of anilines is 2. The molecular weight excluding hydrogens is 228 g/mol. The molecule has 0 saturated heterocycles. The lowest BCUT2D eigenvalue weighted by atomic mass is 10.1. The SMILES string of the molecule is Nc1cnc(NCC2Cc3ccccc3O2)cn1. The quantitative estimate of drug-likeness (QED) is 0.852. The van der Waals surface area contributed by atoms with Crippen molar-refractivity contribution in [2.24, 2.45) is 0 Å². The van der Waals surface area contributed by atoms with Gasteiger partial charge in [-0.1, -0.05) is 18.2 Å². The van der Waals surface area contributed by atoms with Gasteiger partial charge in [-0.05, 0) is 11.6 Å². The molecule has 0 radical (unpaired) electrons. The van der Waals surface area contributed by atoms with Crippen LogP contribution in [0.3, 0.4) is 0 Å². The summed E-state index contributed by atoms with van der Waals surface area (Å²) in [5, 5.41) is 3.19. The molecule has 1 aliphatic heterocycles. The highest BCUT2D eigenvalue weighted by Gasteiger charge is 2.21. The number of nitrogens with zero attached hydrogens (tertiary/aromatic N) is 2. The van der Waals surface area contributed by atoms with Gasteiger partial charge in [-0.25, -0.2) is 9.97 Å². The first-order chi connectivity index (χ1) is 8.81. The summed E-state index contributed by atoms with van der Waals surface area (Å²) < 4.78 is 5.82. The predicted molar refractivity (Wildman–Crippen MR) is 69.5 cm³/mol. The van der Waals surface area contributed by atoms with Crippen molar-refractivity contribution in [1.82, 2.24) is 9.97 Å². The van der Waals surface area contributed by atoms with Crippen LogP contribution in [0.25, 0.3) is 0 Å². The second-order valence-electron chi connectivity index (χ2n) is 4.26. The summed E-state index contributed by atoms with van der Waals surface area (Å²) in [6, 6.07) is 8.11. The Kier molecular flexibility index (Phi) is 2.72. The topological polar surface area (TPSA) is 73.1 Å². The maximum absolute atomic E-state index is 5.82. The molecule has 2 aromatic rings. The Morgan fingerprint density at radius 2 is 2.17 bits per heavy atom. The zero-order valence-electron chi connectivity index (χ0n) is 9.84. The predicted octanol–water partition coefficient (Wildman–Crippen LogP) is 1.47. The molecule has 18 heavy (non-hydrogen) atoms. The highest BCUT2D eigenvalue weighted by molar-refractivity contribution is 5.39. The Morgan fingerprint density at radius 1 is 1.28 bits per heavy atom. The molecule has 0 spiro atoms. The fourth-order valence-corrected chi connectivity index (χ4v) is 2.02. The van der Waals surface area contributed by atoms with E-state index in [1.54, 1.807) is 6.20 Å². The molecule has 5 heteroatoms. The Labute approximate surface area is 105 Å². The minimum absolute atomic E-state index is 0.141. The molecule has 1 aliphatic rings. The highest BCUT2D eigenvalue weighted by Crippen LogP contribution is 2.28. The highest BCUT2D eigenvalue weighted by atomic mass is 16.5. The number of nitrogens with two attached hydrogens (primary N) is 1. The monoisotopic (exact) mass is 242 g/mol. The summed E-state index contributed by atoms with van der Waals surface area (Å²) in [5.41, 5.74) is 6.73. The molecule has 1 aromatic carbocycles. The van der Waals surface area contributed by atoms with E-state index in [9.17, 15) is 0 Å². The van der Waals surface area contributed by atoms with Gasteiger partial charge in [0.05, 0.1) is 18.9 Å². The van der Waals surface area contributed by atoms with Gasteiger partial charge in [0.2, 0.25) is 0 Å². The van der Waals surface area contributed by atoms with E-state index in [2.05, 4.69) is 21.4 Å². The van der Waals surface area contributed by atoms with Crippen molar-refractivity contribution in [1.29, 1.82) is 0 Å². The van der Waals surface area contributed by atoms with Gasteiger partial charge >= 0.3 is 0 Å². The van der Waals surface area contributed by atoms with Crippen LogP contribution < -0.4 is 15.8 Å². The Bertz CT molecular complexity index is 516. The lowest BCUT2D eigenvalue weighted by Gasteiger charge is -2.11. The molecule has 3 rings (SSSR count). The van der Waals surface area contributed by atoms with E-state index in [1.807, 2.05) is 18.2 Å². The van der Waals surface area contributed by atoms with Gasteiger partial charge in [0, 0.05) is 6.42 Å². The van der Waals surface area contributed by atoms with Crippen molar-refractivity contribution in [3.63, 3.8) is 0 Å². The molecule has 0 saturated carbocycles. The van der Waals surface area contributed by atoms with Crippen molar-refractivity contribution < 1.29 is 4.74 Å². The summed E-state index contributed by atoms with van der Waals surface area (Å²) in [6.07, 6.45) is 4.22. The van der Waals surface area contributed by atoms with Crippen LogP contribution in [0.4, 0.5) is 11.6 Å². The number of hydrogen-bond donors (Lipinski definition) is 2. The zero-order chi connectivity index (χ0) is 12.4. The number of para-hydroxylation sites is 1. The van der Waals surface area contributed by atoms with E-state index in [4.69, 9.17) is 10.5 Å². The Hall–Kier alpha value is -2.30. The lowest BCUT2D eigenvalue weighted by Crippen LogP contribution is -2.24. The molecule has 2 heterocycles. The van der Waals surface area contributed by atoms with E-state index in [0.717, 1.165) is 12.2 Å². The lowest BCUT2D eigenvalue weighted by molar-refractivity contribution is 0.246. The molecular formula is C13H14N4O. The third kappa shape index (κ3) is 2.20. The van der Waals surface area contributed by atoms with E-state index in [-0.39, 0.29) is 6.10 Å². The average Bonchev–Trinajstić information content (AvgIpc) is 2.81. The van der Waals surface area contributed by atoms with Gasteiger partial charge < -0.3 is 15.8 Å². The van der Waals surface area contributed by atoms with Crippen molar-refractivity contribution in [2.45, 2.75) is 12.5 Å². The third-order valence-electron chi connectivity index (χ3n) is 2.90. The van der Waals surface area contributed by atoms with Crippen LogP contribution in [0.15, 0.2) is 36.7 Å². The number of nitrogens with one attached hydrogen (secondary N) is 1. The fraction of sp³-hybridized carbons (Fsp3) is 0.231. The van der Waals surface area contributed by atoms with Gasteiger partial charge in [-0.15, -0.1) is 0 Å². The van der Waals surface area contributed by atoms with Gasteiger partial charge in [0.1, 0.15) is 23.5 Å². The molecule has 0 aliphatic carbocycles. The van der Waals surface area contributed by atoms with Crippen LogP contribution in [-0.2, 0) is 6.42 Å². The van der Waals surface area contributed by atoms with Crippen molar-refractivity contribution >= 4 is 11.6 Å². The summed E-state index contributed by atoms with van der Waals surface area (Å²) in [4.78, 5) is 8.11. The number of hydrogen-bond acceptors (Lipinski definition) is 5. The van der Waals surface area contributed by atoms with E-state index >= 15 is 0 Å². The minimum Gasteiger partial charge on any atom is -0.488 e. The van der Waals surface area contributed by atoms with Crippen LogP contribution in [0, 0.1) is 0 Å². The van der Waals surface area contributed by atoms with Crippen LogP contribution in [-0.4, -0.2) is 22.6 Å². The molecule has 3 N–H and O–H groups in total. The smallest absolute Gasteiger partial charge is 0.144 e. The summed E-state index contributed by atoms with van der Waals surface area (Å²) in [5.74, 6) is 2.11. The number of ether oxygens (including phenoxy) is 1. The van der Waals surface area contributed by atoms with Gasteiger partial charge in [-0.2, -0.15) is 0 Å². The van der Waals surface area contributed by atoms with Crippen LogP contribution in [0.2, 0.25) is 0 Å². The Balaban J connectivity index is 1.58. The van der Waals surface area contributed by atoms with Crippen molar-refractivity contribution in [3.8, 4) is 5.75 Å². The summed E-state index contributed by atoms with van der Waals surface area (Å²) in [6.45, 7) is 0.702. The molecule has 1 atom stereocenters. The van der Waals surface area contributed by atoms with Crippen LogP contribution >= 0.6 is 0 Å². The first-order valence-corrected chi connectivity index (χ1v) is 5.87.